The number of nitrogens with one attached hydrogen (secondary N) is 1. The molecule has 1 fully saturated rings. The zero-order chi connectivity index (χ0) is 17.2. The van der Waals surface area contributed by atoms with Gasteiger partial charge in [-0.1, -0.05) is 12.8 Å². The largest absolute Gasteiger partial charge is 0.477 e. The van der Waals surface area contributed by atoms with Gasteiger partial charge in [0.05, 0.1) is 5.41 Å². The molecule has 0 unspecified atom stereocenters. The average Bonchev–Trinajstić information content (AvgIpc) is 3.11. The Kier molecular flexibility index (Phi) is 4.77. The van der Waals surface area contributed by atoms with Crippen LogP contribution in [0, 0.1) is 5.41 Å². The van der Waals surface area contributed by atoms with E-state index in [1.807, 2.05) is 0 Å². The van der Waals surface area contributed by atoms with Gasteiger partial charge in [0.1, 0.15) is 11.4 Å². The van der Waals surface area contributed by atoms with Crippen molar-refractivity contribution in [2.45, 2.75) is 25.7 Å². The second kappa shape index (κ2) is 6.44. The maximum absolute atomic E-state index is 12.5. The molecule has 2 rings (SSSR count). The van der Waals surface area contributed by atoms with Crippen molar-refractivity contribution in [2.75, 3.05) is 20.6 Å². The lowest BCUT2D eigenvalue weighted by Crippen LogP contribution is -2.46. The Bertz CT molecular complexity index is 627. The van der Waals surface area contributed by atoms with Crippen molar-refractivity contribution in [1.82, 2.24) is 14.8 Å². The van der Waals surface area contributed by atoms with Gasteiger partial charge in [0.15, 0.2) is 0 Å². The van der Waals surface area contributed by atoms with Gasteiger partial charge in [-0.3, -0.25) is 9.59 Å². The third kappa shape index (κ3) is 3.23. The number of carbonyl (C=O) groups excluding carboxylic acids is 2. The highest BCUT2D eigenvalue weighted by Crippen LogP contribution is 2.38. The smallest absolute Gasteiger partial charge is 0.352 e. The van der Waals surface area contributed by atoms with E-state index in [9.17, 15) is 14.4 Å². The summed E-state index contributed by atoms with van der Waals surface area (Å²) in [7, 11) is 4.98. The lowest BCUT2D eigenvalue weighted by atomic mass is 9.84. The van der Waals surface area contributed by atoms with Crippen molar-refractivity contribution in [2.24, 2.45) is 12.5 Å². The van der Waals surface area contributed by atoms with E-state index in [0.29, 0.717) is 0 Å². The van der Waals surface area contributed by atoms with Crippen molar-refractivity contribution in [3.05, 3.63) is 23.5 Å². The Hall–Kier alpha value is -2.31. The molecule has 2 amide bonds. The Labute approximate surface area is 135 Å². The van der Waals surface area contributed by atoms with Crippen molar-refractivity contribution >= 4 is 17.8 Å². The molecule has 1 heterocycles. The molecule has 0 aromatic carbocycles. The highest BCUT2D eigenvalue weighted by Gasteiger charge is 2.42. The van der Waals surface area contributed by atoms with E-state index in [-0.39, 0.29) is 29.7 Å². The lowest BCUT2D eigenvalue weighted by Gasteiger charge is -2.30. The predicted molar refractivity (Wildman–Crippen MR) is 84.3 cm³/mol. The number of aromatic carboxylic acids is 1. The monoisotopic (exact) mass is 321 g/mol. The number of carboxylic acids is 1. The zero-order valence-electron chi connectivity index (χ0n) is 13.8. The van der Waals surface area contributed by atoms with Crippen LogP contribution in [0.1, 0.15) is 46.7 Å². The number of nitrogens with zero attached hydrogens (tertiary/aromatic N) is 2. The Morgan fingerprint density at radius 1 is 1.22 bits per heavy atom. The molecule has 0 radical (unpaired) electrons. The quantitative estimate of drug-likeness (QED) is 0.849. The molecule has 1 aliphatic carbocycles. The molecular weight excluding hydrogens is 298 g/mol. The normalized spacial score (nSPS) is 16.1. The van der Waals surface area contributed by atoms with Crippen LogP contribution < -0.4 is 5.32 Å². The summed E-state index contributed by atoms with van der Waals surface area (Å²) in [6.07, 6.45) is 3.47. The summed E-state index contributed by atoms with van der Waals surface area (Å²) in [4.78, 5) is 37.4. The fourth-order valence-corrected chi connectivity index (χ4v) is 3.29. The molecule has 1 aliphatic rings. The maximum atomic E-state index is 12.5. The molecule has 0 atom stereocenters. The van der Waals surface area contributed by atoms with E-state index in [0.717, 1.165) is 25.7 Å². The van der Waals surface area contributed by atoms with Gasteiger partial charge in [0, 0.05) is 27.7 Å². The molecule has 23 heavy (non-hydrogen) atoms. The van der Waals surface area contributed by atoms with Crippen molar-refractivity contribution in [3.63, 3.8) is 0 Å². The molecule has 1 saturated carbocycles. The molecule has 126 valence electrons. The molecule has 1 aromatic rings. The van der Waals surface area contributed by atoms with Crippen molar-refractivity contribution in [3.8, 4) is 0 Å². The van der Waals surface area contributed by atoms with Crippen LogP contribution in [0.4, 0.5) is 0 Å². The van der Waals surface area contributed by atoms with E-state index in [1.54, 1.807) is 19.0 Å². The second-order valence-corrected chi connectivity index (χ2v) is 6.34. The van der Waals surface area contributed by atoms with Crippen molar-refractivity contribution in [1.29, 1.82) is 0 Å². The summed E-state index contributed by atoms with van der Waals surface area (Å²) in [6.45, 7) is 0.274. The minimum Gasteiger partial charge on any atom is -0.477 e. The third-order valence-corrected chi connectivity index (χ3v) is 4.58. The average molecular weight is 321 g/mol. The number of amides is 2. The van der Waals surface area contributed by atoms with Crippen LogP contribution in [0.2, 0.25) is 0 Å². The maximum Gasteiger partial charge on any atom is 0.352 e. The topological polar surface area (TPSA) is 91.6 Å². The highest BCUT2D eigenvalue weighted by molar-refractivity contribution is 5.96. The number of rotatable bonds is 5. The van der Waals surface area contributed by atoms with Gasteiger partial charge in [0.25, 0.3) is 5.91 Å². The first kappa shape index (κ1) is 17.1. The van der Waals surface area contributed by atoms with Crippen LogP contribution in [-0.4, -0.2) is 53.0 Å². The Morgan fingerprint density at radius 2 is 1.78 bits per heavy atom. The van der Waals surface area contributed by atoms with E-state index >= 15 is 0 Å². The summed E-state index contributed by atoms with van der Waals surface area (Å²) in [5.41, 5.74) is -0.220. The standard InChI is InChI=1S/C16H23N3O4/c1-18(2)15(23)16(8-4-5-9-16)10-17-13(20)11-6-7-12(14(21)22)19(11)3/h6-7H,4-5,8-10H2,1-3H3,(H,17,20)(H,21,22). The van der Waals surface area contributed by atoms with Gasteiger partial charge in [-0.15, -0.1) is 0 Å². The number of carbonyl (C=O) groups is 3. The van der Waals surface area contributed by atoms with Gasteiger partial charge in [0.2, 0.25) is 5.91 Å². The van der Waals surface area contributed by atoms with Gasteiger partial charge >= 0.3 is 5.97 Å². The number of aromatic nitrogens is 1. The summed E-state index contributed by atoms with van der Waals surface area (Å²) < 4.78 is 1.34. The first-order chi connectivity index (χ1) is 10.8. The molecule has 7 heteroatoms. The van der Waals surface area contributed by atoms with E-state index in [4.69, 9.17) is 5.11 Å². The van der Waals surface area contributed by atoms with E-state index < -0.39 is 11.4 Å². The zero-order valence-corrected chi connectivity index (χ0v) is 13.8. The van der Waals surface area contributed by atoms with Crippen LogP contribution in [-0.2, 0) is 11.8 Å². The molecule has 0 aliphatic heterocycles. The van der Waals surface area contributed by atoms with Crippen LogP contribution in [0.15, 0.2) is 12.1 Å². The molecule has 0 bridgehead atoms. The highest BCUT2D eigenvalue weighted by atomic mass is 16.4. The fraction of sp³-hybridized carbons (Fsp3) is 0.562. The number of carboxylic acid groups (broad SMARTS) is 1. The first-order valence-corrected chi connectivity index (χ1v) is 7.67. The number of hydrogen-bond donors (Lipinski definition) is 2. The summed E-state index contributed by atoms with van der Waals surface area (Å²) in [6, 6.07) is 2.88. The summed E-state index contributed by atoms with van der Waals surface area (Å²) >= 11 is 0. The molecule has 7 nitrogen and oxygen atoms in total. The molecule has 2 N–H and O–H groups in total. The molecule has 0 saturated heterocycles. The molecule has 1 aromatic heterocycles. The second-order valence-electron chi connectivity index (χ2n) is 6.34. The molecule has 0 spiro atoms. The first-order valence-electron chi connectivity index (χ1n) is 7.67. The van der Waals surface area contributed by atoms with Gasteiger partial charge in [-0.25, -0.2) is 4.79 Å². The van der Waals surface area contributed by atoms with Crippen molar-refractivity contribution < 1.29 is 19.5 Å². The van der Waals surface area contributed by atoms with Gasteiger partial charge < -0.3 is 19.9 Å². The minimum atomic E-state index is -1.08. The fourth-order valence-electron chi connectivity index (χ4n) is 3.29. The van der Waals surface area contributed by atoms with Gasteiger partial charge in [-0.2, -0.15) is 0 Å². The van der Waals surface area contributed by atoms with Gasteiger partial charge in [-0.05, 0) is 25.0 Å². The van der Waals surface area contributed by atoms with Crippen LogP contribution in [0.5, 0.6) is 0 Å². The van der Waals surface area contributed by atoms with Crippen LogP contribution in [0.25, 0.3) is 0 Å². The molecular formula is C16H23N3O4. The predicted octanol–water partition coefficient (Wildman–Crippen LogP) is 1.10. The van der Waals surface area contributed by atoms with E-state index in [1.165, 1.54) is 23.7 Å². The lowest BCUT2D eigenvalue weighted by molar-refractivity contribution is -0.138. The Balaban J connectivity index is 2.11. The number of hydrogen-bond acceptors (Lipinski definition) is 3. The summed E-state index contributed by atoms with van der Waals surface area (Å²) in [5, 5.41) is 11.8. The van der Waals surface area contributed by atoms with Crippen LogP contribution >= 0.6 is 0 Å². The Morgan fingerprint density at radius 3 is 2.26 bits per heavy atom. The van der Waals surface area contributed by atoms with Crippen LogP contribution in [0.3, 0.4) is 0 Å². The van der Waals surface area contributed by atoms with E-state index in [2.05, 4.69) is 5.32 Å². The minimum absolute atomic E-state index is 0.0356. The third-order valence-electron chi connectivity index (χ3n) is 4.58. The SMILES string of the molecule is CN(C)C(=O)C1(CNC(=O)c2ccc(C(=O)O)n2C)CCCC1. The summed E-state index contributed by atoms with van der Waals surface area (Å²) in [5.74, 6) is -1.41.